The number of aliphatic hydroxyl groups excluding tert-OH is 1. The third-order valence-electron chi connectivity index (χ3n) is 3.38. The summed E-state index contributed by atoms with van der Waals surface area (Å²) in [6.45, 7) is 8.56. The van der Waals surface area contributed by atoms with Gasteiger partial charge in [-0.2, -0.15) is 0 Å². The van der Waals surface area contributed by atoms with Crippen LogP contribution in [0.3, 0.4) is 0 Å². The summed E-state index contributed by atoms with van der Waals surface area (Å²) in [7, 11) is 1.78. The molecule has 2 N–H and O–H groups in total. The molecule has 0 aromatic rings. The Morgan fingerprint density at radius 3 is 2.47 bits per heavy atom. The number of aliphatic hydroxyl groups is 1. The van der Waals surface area contributed by atoms with Gasteiger partial charge in [-0.05, 0) is 31.8 Å². The Balaban J connectivity index is 2.23. The van der Waals surface area contributed by atoms with Crippen LogP contribution in [0.15, 0.2) is 0 Å². The minimum Gasteiger partial charge on any atom is -0.395 e. The van der Waals surface area contributed by atoms with Crippen LogP contribution in [0.1, 0.15) is 26.7 Å². The first-order valence-corrected chi connectivity index (χ1v) is 6.74. The normalized spacial score (nSPS) is 21.0. The molecule has 1 rings (SSSR count). The maximum atomic E-state index is 9.33. The summed E-state index contributed by atoms with van der Waals surface area (Å²) in [6, 6.07) is 0.632. The van der Waals surface area contributed by atoms with Crippen LogP contribution in [0.2, 0.25) is 0 Å². The Kier molecular flexibility index (Phi) is 7.04. The second-order valence-electron chi connectivity index (χ2n) is 5.40. The molecule has 0 aromatic heterocycles. The molecule has 0 aliphatic carbocycles. The molecule has 1 heterocycles. The average Bonchev–Trinajstić information content (AvgIpc) is 2.30. The van der Waals surface area contributed by atoms with Gasteiger partial charge in [0.15, 0.2) is 0 Å². The van der Waals surface area contributed by atoms with Gasteiger partial charge >= 0.3 is 0 Å². The van der Waals surface area contributed by atoms with Gasteiger partial charge in [-0.25, -0.2) is 0 Å². The highest BCUT2D eigenvalue weighted by molar-refractivity contribution is 4.78. The first-order valence-electron chi connectivity index (χ1n) is 6.74. The summed E-state index contributed by atoms with van der Waals surface area (Å²) in [5.74, 6) is 0.724. The monoisotopic (exact) mass is 244 g/mol. The number of rotatable bonds is 7. The van der Waals surface area contributed by atoms with E-state index in [-0.39, 0.29) is 12.6 Å². The van der Waals surface area contributed by atoms with E-state index in [2.05, 4.69) is 24.1 Å². The lowest BCUT2D eigenvalue weighted by Crippen LogP contribution is -2.48. The van der Waals surface area contributed by atoms with E-state index >= 15 is 0 Å². The fourth-order valence-corrected chi connectivity index (χ4v) is 2.52. The molecular formula is C13H28N2O2. The highest BCUT2D eigenvalue weighted by Crippen LogP contribution is 2.17. The lowest BCUT2D eigenvalue weighted by Gasteiger charge is -2.34. The Morgan fingerprint density at radius 1 is 1.35 bits per heavy atom. The summed E-state index contributed by atoms with van der Waals surface area (Å²) in [5.41, 5.74) is 0. The number of likely N-dealkylation sites (tertiary alicyclic amines) is 1. The molecule has 0 aromatic carbocycles. The van der Waals surface area contributed by atoms with Crippen molar-refractivity contribution in [3.8, 4) is 0 Å². The van der Waals surface area contributed by atoms with Gasteiger partial charge in [0.25, 0.3) is 0 Å². The van der Waals surface area contributed by atoms with Crippen molar-refractivity contribution in [2.24, 2.45) is 5.92 Å². The lowest BCUT2D eigenvalue weighted by atomic mass is 9.97. The first-order chi connectivity index (χ1) is 8.15. The van der Waals surface area contributed by atoms with Crippen molar-refractivity contribution in [1.29, 1.82) is 0 Å². The molecule has 1 saturated heterocycles. The van der Waals surface area contributed by atoms with E-state index < -0.39 is 0 Å². The van der Waals surface area contributed by atoms with Crippen LogP contribution < -0.4 is 5.32 Å². The van der Waals surface area contributed by atoms with E-state index in [9.17, 15) is 5.11 Å². The summed E-state index contributed by atoms with van der Waals surface area (Å²) in [6.07, 6.45) is 2.43. The van der Waals surface area contributed by atoms with Crippen molar-refractivity contribution >= 4 is 0 Å². The van der Waals surface area contributed by atoms with E-state index in [1.54, 1.807) is 7.11 Å². The minimum atomic E-state index is 0.203. The minimum absolute atomic E-state index is 0.203. The largest absolute Gasteiger partial charge is 0.395 e. The zero-order valence-corrected chi connectivity index (χ0v) is 11.5. The van der Waals surface area contributed by atoms with Gasteiger partial charge in [0.1, 0.15) is 0 Å². The van der Waals surface area contributed by atoms with Crippen LogP contribution in [-0.2, 0) is 4.74 Å². The Labute approximate surface area is 105 Å². The van der Waals surface area contributed by atoms with Crippen molar-refractivity contribution in [3.63, 3.8) is 0 Å². The number of hydrogen-bond donors (Lipinski definition) is 2. The van der Waals surface area contributed by atoms with Crippen molar-refractivity contribution in [2.45, 2.75) is 38.8 Å². The fraction of sp³-hybridized carbons (Fsp3) is 1.00. The van der Waals surface area contributed by atoms with Gasteiger partial charge in [0.05, 0.1) is 6.61 Å². The summed E-state index contributed by atoms with van der Waals surface area (Å²) < 4.78 is 5.20. The van der Waals surface area contributed by atoms with Crippen molar-refractivity contribution in [3.05, 3.63) is 0 Å². The van der Waals surface area contributed by atoms with Crippen LogP contribution in [-0.4, -0.2) is 62.0 Å². The van der Waals surface area contributed by atoms with Crippen LogP contribution in [0, 0.1) is 5.92 Å². The maximum Gasteiger partial charge on any atom is 0.0597 e. The molecule has 0 saturated carbocycles. The third-order valence-corrected chi connectivity index (χ3v) is 3.38. The van der Waals surface area contributed by atoms with Crippen LogP contribution in [0.25, 0.3) is 0 Å². The van der Waals surface area contributed by atoms with E-state index in [0.29, 0.717) is 6.04 Å². The smallest absolute Gasteiger partial charge is 0.0597 e. The molecule has 0 spiro atoms. The number of piperidine rings is 1. The van der Waals surface area contributed by atoms with Crippen molar-refractivity contribution in [2.75, 3.05) is 40.0 Å². The van der Waals surface area contributed by atoms with Gasteiger partial charge in [-0.1, -0.05) is 13.8 Å². The quantitative estimate of drug-likeness (QED) is 0.692. The fourth-order valence-electron chi connectivity index (χ4n) is 2.52. The van der Waals surface area contributed by atoms with E-state index in [1.807, 2.05) is 0 Å². The van der Waals surface area contributed by atoms with Gasteiger partial charge in [-0.15, -0.1) is 0 Å². The zero-order chi connectivity index (χ0) is 12.7. The standard InChI is InChI=1S/C13H28N2O2/c1-11(2)14-13(9-16)8-15-6-4-12(5-7-15)10-17-3/h11-14,16H,4-10H2,1-3H3. The maximum absolute atomic E-state index is 9.33. The van der Waals surface area contributed by atoms with Crippen molar-refractivity contribution in [1.82, 2.24) is 10.2 Å². The topological polar surface area (TPSA) is 44.7 Å². The Morgan fingerprint density at radius 2 is 2.00 bits per heavy atom. The van der Waals surface area contributed by atoms with Crippen molar-refractivity contribution < 1.29 is 9.84 Å². The molecular weight excluding hydrogens is 216 g/mol. The SMILES string of the molecule is COCC1CCN(CC(CO)NC(C)C)CC1. The summed E-state index contributed by atoms with van der Waals surface area (Å²) in [4.78, 5) is 2.45. The third kappa shape index (κ3) is 5.82. The zero-order valence-electron chi connectivity index (χ0n) is 11.5. The molecule has 17 heavy (non-hydrogen) atoms. The molecule has 0 radical (unpaired) electrons. The molecule has 1 atom stereocenters. The van der Waals surface area contributed by atoms with E-state index in [1.165, 1.54) is 12.8 Å². The second-order valence-corrected chi connectivity index (χ2v) is 5.40. The predicted octanol–water partition coefficient (Wildman–Crippen LogP) is 0.704. The molecule has 102 valence electrons. The van der Waals surface area contributed by atoms with Gasteiger partial charge in [0.2, 0.25) is 0 Å². The van der Waals surface area contributed by atoms with Crippen LogP contribution in [0.5, 0.6) is 0 Å². The van der Waals surface area contributed by atoms with E-state index in [0.717, 1.165) is 32.2 Å². The second kappa shape index (κ2) is 8.03. The molecule has 4 heteroatoms. The molecule has 1 unspecified atom stereocenters. The average molecular weight is 244 g/mol. The number of hydrogen-bond acceptors (Lipinski definition) is 4. The summed E-state index contributed by atoms with van der Waals surface area (Å²) >= 11 is 0. The summed E-state index contributed by atoms with van der Waals surface area (Å²) in [5, 5.41) is 12.7. The molecule has 0 bridgehead atoms. The molecule has 1 fully saturated rings. The number of methoxy groups -OCH3 is 1. The number of nitrogens with zero attached hydrogens (tertiary/aromatic N) is 1. The van der Waals surface area contributed by atoms with Gasteiger partial charge in [0, 0.05) is 32.3 Å². The van der Waals surface area contributed by atoms with Crippen LogP contribution in [0.4, 0.5) is 0 Å². The Bertz CT molecular complexity index is 192. The lowest BCUT2D eigenvalue weighted by molar-refractivity contribution is 0.0887. The molecule has 0 amide bonds. The van der Waals surface area contributed by atoms with Crippen LogP contribution >= 0.6 is 0 Å². The molecule has 4 nitrogen and oxygen atoms in total. The van der Waals surface area contributed by atoms with Gasteiger partial charge in [-0.3, -0.25) is 0 Å². The Hall–Kier alpha value is -0.160. The first kappa shape index (κ1) is 14.9. The molecule has 1 aliphatic rings. The highest BCUT2D eigenvalue weighted by Gasteiger charge is 2.21. The highest BCUT2D eigenvalue weighted by atomic mass is 16.5. The van der Waals surface area contributed by atoms with E-state index in [4.69, 9.17) is 4.74 Å². The van der Waals surface area contributed by atoms with Gasteiger partial charge < -0.3 is 20.1 Å². The number of nitrogens with one attached hydrogen (secondary N) is 1. The predicted molar refractivity (Wildman–Crippen MR) is 70.2 cm³/mol. The number of ether oxygens (including phenoxy) is 1. The molecule has 1 aliphatic heterocycles.